The van der Waals surface area contributed by atoms with E-state index in [9.17, 15) is 0 Å². The van der Waals surface area contributed by atoms with Crippen molar-refractivity contribution in [1.29, 1.82) is 0 Å². The summed E-state index contributed by atoms with van der Waals surface area (Å²) in [4.78, 5) is 12.9. The summed E-state index contributed by atoms with van der Waals surface area (Å²) in [5.41, 5.74) is 0. The molecular weight excluding hydrogens is 280 g/mol. The molecule has 1 aliphatic heterocycles. The van der Waals surface area contributed by atoms with Crippen LogP contribution in [0.25, 0.3) is 0 Å². The van der Waals surface area contributed by atoms with Gasteiger partial charge < -0.3 is 14.7 Å². The zero-order chi connectivity index (χ0) is 15.4. The molecule has 0 saturated carbocycles. The predicted molar refractivity (Wildman–Crippen MR) is 84.8 cm³/mol. The van der Waals surface area contributed by atoms with Gasteiger partial charge in [-0.2, -0.15) is 0 Å². The first kappa shape index (κ1) is 14.8. The van der Waals surface area contributed by atoms with Gasteiger partial charge in [-0.1, -0.05) is 5.16 Å². The van der Waals surface area contributed by atoms with Gasteiger partial charge in [-0.15, -0.1) is 0 Å². The Labute approximate surface area is 130 Å². The van der Waals surface area contributed by atoms with Crippen LogP contribution in [-0.2, 0) is 6.54 Å². The lowest BCUT2D eigenvalue weighted by Gasteiger charge is -2.31. The van der Waals surface area contributed by atoms with Gasteiger partial charge in [-0.05, 0) is 12.8 Å². The Hall–Kier alpha value is -2.15. The number of nitrogens with one attached hydrogen (secondary N) is 1. The van der Waals surface area contributed by atoms with Crippen LogP contribution < -0.4 is 10.2 Å². The van der Waals surface area contributed by atoms with E-state index in [0.717, 1.165) is 49.9 Å². The predicted octanol–water partition coefficient (Wildman–Crippen LogP) is 1.61. The minimum absolute atomic E-state index is 0.455. The van der Waals surface area contributed by atoms with Gasteiger partial charge in [0.15, 0.2) is 5.76 Å². The molecule has 1 N–H and O–H groups in total. The Kier molecular flexibility index (Phi) is 4.53. The second-order valence-electron chi connectivity index (χ2n) is 5.83. The summed E-state index contributed by atoms with van der Waals surface area (Å²) in [6, 6.07) is 4.37. The third-order valence-corrected chi connectivity index (χ3v) is 3.92. The van der Waals surface area contributed by atoms with E-state index in [4.69, 9.17) is 4.52 Å². The van der Waals surface area contributed by atoms with Crippen molar-refractivity contribution in [2.75, 3.05) is 37.4 Å². The maximum atomic E-state index is 5.17. The topological polar surface area (TPSA) is 70.3 Å². The second kappa shape index (κ2) is 6.74. The monoisotopic (exact) mass is 302 g/mol. The van der Waals surface area contributed by atoms with Crippen molar-refractivity contribution < 1.29 is 4.52 Å². The summed E-state index contributed by atoms with van der Waals surface area (Å²) in [5.74, 6) is 2.74. The van der Waals surface area contributed by atoms with Gasteiger partial charge in [0, 0.05) is 45.4 Å². The molecule has 22 heavy (non-hydrogen) atoms. The van der Waals surface area contributed by atoms with Crippen LogP contribution >= 0.6 is 0 Å². The molecule has 1 saturated heterocycles. The van der Waals surface area contributed by atoms with E-state index in [1.807, 2.05) is 31.1 Å². The lowest BCUT2D eigenvalue weighted by Crippen LogP contribution is -2.38. The highest BCUT2D eigenvalue weighted by molar-refractivity contribution is 5.47. The molecule has 3 heterocycles. The SMILES string of the molecule is CN(C)c1cc(NC2CCN(Cc3ccno3)CC2)ncn1. The van der Waals surface area contributed by atoms with Gasteiger partial charge in [-0.3, -0.25) is 4.90 Å². The first-order valence-corrected chi connectivity index (χ1v) is 7.58. The molecule has 1 aliphatic rings. The van der Waals surface area contributed by atoms with Crippen molar-refractivity contribution in [1.82, 2.24) is 20.0 Å². The van der Waals surface area contributed by atoms with Crippen molar-refractivity contribution in [2.24, 2.45) is 0 Å². The smallest absolute Gasteiger partial charge is 0.150 e. The number of nitrogens with zero attached hydrogens (tertiary/aromatic N) is 5. The third-order valence-electron chi connectivity index (χ3n) is 3.92. The van der Waals surface area contributed by atoms with Crippen molar-refractivity contribution in [3.05, 3.63) is 30.4 Å². The van der Waals surface area contributed by atoms with E-state index < -0.39 is 0 Å². The van der Waals surface area contributed by atoms with Gasteiger partial charge in [0.2, 0.25) is 0 Å². The molecule has 0 spiro atoms. The van der Waals surface area contributed by atoms with Crippen molar-refractivity contribution in [2.45, 2.75) is 25.4 Å². The first-order valence-electron chi connectivity index (χ1n) is 7.58. The first-order chi connectivity index (χ1) is 10.7. The van der Waals surface area contributed by atoms with E-state index in [2.05, 4.69) is 25.3 Å². The molecule has 0 aromatic carbocycles. The van der Waals surface area contributed by atoms with Crippen LogP contribution in [-0.4, -0.2) is 53.3 Å². The molecule has 0 bridgehead atoms. The molecule has 0 aliphatic carbocycles. The Morgan fingerprint density at radius 2 is 2.14 bits per heavy atom. The fourth-order valence-corrected chi connectivity index (χ4v) is 2.66. The summed E-state index contributed by atoms with van der Waals surface area (Å²) in [7, 11) is 3.96. The van der Waals surface area contributed by atoms with Crippen LogP contribution in [0.2, 0.25) is 0 Å². The van der Waals surface area contributed by atoms with Gasteiger partial charge in [0.25, 0.3) is 0 Å². The van der Waals surface area contributed by atoms with Crippen LogP contribution in [0, 0.1) is 0 Å². The van der Waals surface area contributed by atoms with E-state index in [1.165, 1.54) is 0 Å². The van der Waals surface area contributed by atoms with E-state index in [-0.39, 0.29) is 0 Å². The van der Waals surface area contributed by atoms with Gasteiger partial charge in [0.05, 0.1) is 12.7 Å². The number of likely N-dealkylation sites (tertiary alicyclic amines) is 1. The number of hydrogen-bond donors (Lipinski definition) is 1. The van der Waals surface area contributed by atoms with Gasteiger partial charge in [-0.25, -0.2) is 9.97 Å². The Balaban J connectivity index is 1.50. The Morgan fingerprint density at radius 1 is 1.32 bits per heavy atom. The van der Waals surface area contributed by atoms with Crippen LogP contribution in [0.5, 0.6) is 0 Å². The maximum Gasteiger partial charge on any atom is 0.150 e. The van der Waals surface area contributed by atoms with Crippen LogP contribution in [0.4, 0.5) is 11.6 Å². The lowest BCUT2D eigenvalue weighted by atomic mass is 10.0. The fourth-order valence-electron chi connectivity index (χ4n) is 2.66. The van der Waals surface area contributed by atoms with Gasteiger partial charge >= 0.3 is 0 Å². The summed E-state index contributed by atoms with van der Waals surface area (Å²) >= 11 is 0. The zero-order valence-electron chi connectivity index (χ0n) is 13.1. The standard InChI is InChI=1S/C15H22N6O/c1-20(2)15-9-14(16-11-17-15)19-12-4-7-21(8-5-12)10-13-3-6-18-22-13/h3,6,9,11-12H,4-5,7-8,10H2,1-2H3,(H,16,17,19). The molecule has 7 heteroatoms. The highest BCUT2D eigenvalue weighted by atomic mass is 16.5. The average Bonchev–Trinajstić information content (AvgIpc) is 3.02. The van der Waals surface area contributed by atoms with Crippen molar-refractivity contribution in [3.8, 4) is 0 Å². The fraction of sp³-hybridized carbons (Fsp3) is 0.533. The van der Waals surface area contributed by atoms with Crippen LogP contribution in [0.3, 0.4) is 0 Å². The number of anilines is 2. The molecule has 118 valence electrons. The summed E-state index contributed by atoms with van der Waals surface area (Å²) in [6.45, 7) is 2.93. The molecule has 0 unspecified atom stereocenters. The molecule has 0 radical (unpaired) electrons. The maximum absolute atomic E-state index is 5.17. The van der Waals surface area contributed by atoms with E-state index in [1.54, 1.807) is 12.5 Å². The normalized spacial score (nSPS) is 16.6. The zero-order valence-corrected chi connectivity index (χ0v) is 13.1. The number of piperidine rings is 1. The largest absolute Gasteiger partial charge is 0.367 e. The summed E-state index contributed by atoms with van der Waals surface area (Å²) in [5, 5.41) is 7.26. The van der Waals surface area contributed by atoms with Crippen LogP contribution in [0.1, 0.15) is 18.6 Å². The quantitative estimate of drug-likeness (QED) is 0.899. The minimum Gasteiger partial charge on any atom is -0.367 e. The summed E-state index contributed by atoms with van der Waals surface area (Å²) < 4.78 is 5.17. The van der Waals surface area contributed by atoms with Crippen LogP contribution in [0.15, 0.2) is 29.2 Å². The highest BCUT2D eigenvalue weighted by Gasteiger charge is 2.20. The van der Waals surface area contributed by atoms with Crippen molar-refractivity contribution in [3.63, 3.8) is 0 Å². The van der Waals surface area contributed by atoms with E-state index in [0.29, 0.717) is 6.04 Å². The highest BCUT2D eigenvalue weighted by Crippen LogP contribution is 2.18. The average molecular weight is 302 g/mol. The number of aromatic nitrogens is 3. The molecule has 0 atom stereocenters. The van der Waals surface area contributed by atoms with Crippen molar-refractivity contribution >= 4 is 11.6 Å². The molecule has 1 fully saturated rings. The molecule has 0 amide bonds. The molecule has 2 aromatic rings. The Bertz CT molecular complexity index is 577. The van der Waals surface area contributed by atoms with Gasteiger partial charge in [0.1, 0.15) is 18.0 Å². The number of rotatable bonds is 5. The molecular formula is C15H22N6O. The summed E-state index contributed by atoms with van der Waals surface area (Å²) in [6.07, 6.45) is 5.49. The minimum atomic E-state index is 0.455. The van der Waals surface area contributed by atoms with E-state index >= 15 is 0 Å². The lowest BCUT2D eigenvalue weighted by molar-refractivity contribution is 0.189. The molecule has 2 aromatic heterocycles. The molecule has 3 rings (SSSR count). The molecule has 7 nitrogen and oxygen atoms in total. The third kappa shape index (κ3) is 3.73. The number of hydrogen-bond acceptors (Lipinski definition) is 7. The second-order valence-corrected chi connectivity index (χ2v) is 5.83. The Morgan fingerprint density at radius 3 is 2.82 bits per heavy atom.